The Morgan fingerprint density at radius 1 is 1.35 bits per heavy atom. The molecule has 194 valence electrons. The summed E-state index contributed by atoms with van der Waals surface area (Å²) in [4.78, 5) is 21.4. The van der Waals surface area contributed by atoms with Crippen LogP contribution in [0.1, 0.15) is 42.8 Å². The predicted octanol–water partition coefficient (Wildman–Crippen LogP) is 3.27. The van der Waals surface area contributed by atoms with Crippen LogP contribution < -0.4 is 10.6 Å². The molecule has 2 fully saturated rings. The smallest absolute Gasteiger partial charge is 0.408 e. The molecule has 0 unspecified atom stereocenters. The fraction of sp³-hybridized carbons (Fsp3) is 0.458. The van der Waals surface area contributed by atoms with E-state index in [1.165, 1.54) is 0 Å². The van der Waals surface area contributed by atoms with Crippen LogP contribution in [0.2, 0.25) is 0 Å². The molecule has 3 atom stereocenters. The molecule has 13 heteroatoms. The summed E-state index contributed by atoms with van der Waals surface area (Å²) in [5.41, 5.74) is 4.53. The van der Waals surface area contributed by atoms with Crippen molar-refractivity contribution in [3.63, 3.8) is 0 Å². The standard InChI is InChI=1S/C24H28FN9O3/c1-12-10-27-33(4)19(12)17-13(2)28-22(34-8-7-26-21(17)34)29-16-9-14(31-32-16)20-18(25)15(11-36-20)37-23(35)30-24(3)5-6-24/h7-10,15,18,20H,5-6,11H2,1-4H3,(H,30,35)(H2,28,29,31,32)/t15-,18+,20-/m0/s1. The van der Waals surface area contributed by atoms with Crippen molar-refractivity contribution in [2.24, 2.45) is 7.05 Å². The molecule has 0 radical (unpaired) electrons. The number of rotatable bonds is 6. The van der Waals surface area contributed by atoms with Crippen molar-refractivity contribution in [3.8, 4) is 11.3 Å². The minimum absolute atomic E-state index is 0.0386. The Morgan fingerprint density at radius 3 is 2.89 bits per heavy atom. The van der Waals surface area contributed by atoms with Gasteiger partial charge in [-0.15, -0.1) is 0 Å². The van der Waals surface area contributed by atoms with Gasteiger partial charge in [-0.3, -0.25) is 14.2 Å². The monoisotopic (exact) mass is 509 g/mol. The summed E-state index contributed by atoms with van der Waals surface area (Å²) in [7, 11) is 1.89. The van der Waals surface area contributed by atoms with Crippen molar-refractivity contribution in [2.45, 2.75) is 57.5 Å². The molecule has 4 aromatic rings. The number of imidazole rings is 1. The third kappa shape index (κ3) is 4.18. The summed E-state index contributed by atoms with van der Waals surface area (Å²) in [5.74, 6) is 0.933. The Morgan fingerprint density at radius 2 is 2.16 bits per heavy atom. The Kier molecular flexibility index (Phi) is 5.40. The van der Waals surface area contributed by atoms with E-state index in [2.05, 4.69) is 30.9 Å². The lowest BCUT2D eigenvalue weighted by Crippen LogP contribution is -2.39. The Labute approximate surface area is 211 Å². The second-order valence-electron chi connectivity index (χ2n) is 9.98. The number of halogens is 1. The lowest BCUT2D eigenvalue weighted by molar-refractivity contribution is 0.0604. The van der Waals surface area contributed by atoms with Crippen LogP contribution in [0.15, 0.2) is 24.7 Å². The van der Waals surface area contributed by atoms with Gasteiger partial charge in [-0.05, 0) is 39.2 Å². The maximum Gasteiger partial charge on any atom is 0.408 e. The number of aromatic nitrogens is 7. The third-order valence-corrected chi connectivity index (χ3v) is 6.98. The van der Waals surface area contributed by atoms with Gasteiger partial charge in [-0.1, -0.05) is 0 Å². The van der Waals surface area contributed by atoms with Crippen LogP contribution in [0, 0.1) is 13.8 Å². The van der Waals surface area contributed by atoms with Crippen molar-refractivity contribution >= 4 is 23.5 Å². The van der Waals surface area contributed by atoms with E-state index in [4.69, 9.17) is 14.5 Å². The number of aryl methyl sites for hydroxylation is 3. The molecular weight excluding hydrogens is 481 g/mol. The van der Waals surface area contributed by atoms with Gasteiger partial charge >= 0.3 is 6.09 Å². The maximum absolute atomic E-state index is 15.1. The second kappa shape index (κ2) is 8.54. The van der Waals surface area contributed by atoms with Crippen LogP contribution in [0.5, 0.6) is 0 Å². The Bertz CT molecular complexity index is 1470. The number of amides is 1. The van der Waals surface area contributed by atoms with Gasteiger partial charge in [0.1, 0.15) is 6.10 Å². The summed E-state index contributed by atoms with van der Waals surface area (Å²) in [5, 5.41) is 17.4. The molecule has 1 saturated carbocycles. The highest BCUT2D eigenvalue weighted by Crippen LogP contribution is 2.36. The number of nitrogens with zero attached hydrogens (tertiary/aromatic N) is 6. The van der Waals surface area contributed by atoms with Gasteiger partial charge in [0.2, 0.25) is 5.95 Å². The van der Waals surface area contributed by atoms with Gasteiger partial charge in [0, 0.05) is 31.0 Å². The van der Waals surface area contributed by atoms with Crippen LogP contribution in [-0.2, 0) is 16.5 Å². The molecule has 3 N–H and O–H groups in total. The zero-order valence-electron chi connectivity index (χ0n) is 20.9. The average Bonchev–Trinajstić information content (AvgIpc) is 3.31. The van der Waals surface area contributed by atoms with Crippen molar-refractivity contribution in [1.82, 2.24) is 39.7 Å². The molecule has 6 rings (SSSR count). The molecule has 4 aromatic heterocycles. The van der Waals surface area contributed by atoms with E-state index in [0.717, 1.165) is 41.0 Å². The van der Waals surface area contributed by atoms with Crippen molar-refractivity contribution in [3.05, 3.63) is 41.6 Å². The summed E-state index contributed by atoms with van der Waals surface area (Å²) in [6.45, 7) is 5.80. The van der Waals surface area contributed by atoms with Gasteiger partial charge in [0.15, 0.2) is 23.7 Å². The molecule has 0 aromatic carbocycles. The van der Waals surface area contributed by atoms with Gasteiger partial charge in [0.05, 0.1) is 35.4 Å². The number of anilines is 2. The number of carbonyl (C=O) groups excluding carboxylic acids is 1. The van der Waals surface area contributed by atoms with Crippen molar-refractivity contribution in [1.29, 1.82) is 0 Å². The number of nitrogens with one attached hydrogen (secondary N) is 3. The number of carbonyl (C=O) groups is 1. The molecule has 5 heterocycles. The maximum atomic E-state index is 15.1. The van der Waals surface area contributed by atoms with E-state index in [1.807, 2.05) is 43.1 Å². The summed E-state index contributed by atoms with van der Waals surface area (Å²) < 4.78 is 29.6. The first-order valence-electron chi connectivity index (χ1n) is 12.1. The number of hydrogen-bond donors (Lipinski definition) is 3. The molecule has 1 amide bonds. The fourth-order valence-electron chi connectivity index (χ4n) is 4.69. The SMILES string of the molecule is Cc1cnn(C)c1-c1c(C)nc(Nc2cc([C@@H]3OC[C@H](OC(=O)NC4(C)CC4)[C@H]3F)[nH]n2)n2ccnc12. The number of fused-ring (bicyclic) bond motifs is 1. The van der Waals surface area contributed by atoms with Crippen LogP contribution >= 0.6 is 0 Å². The molecular formula is C24H28FN9O3. The summed E-state index contributed by atoms with van der Waals surface area (Å²) >= 11 is 0. The summed E-state index contributed by atoms with van der Waals surface area (Å²) in [6, 6.07) is 1.66. The zero-order chi connectivity index (χ0) is 25.9. The van der Waals surface area contributed by atoms with Crippen LogP contribution in [0.25, 0.3) is 16.9 Å². The number of alkyl carbamates (subject to hydrolysis) is 1. The predicted molar refractivity (Wildman–Crippen MR) is 131 cm³/mol. The summed E-state index contributed by atoms with van der Waals surface area (Å²) in [6.07, 6.45) is 3.00. The molecule has 12 nitrogen and oxygen atoms in total. The minimum Gasteiger partial charge on any atom is -0.441 e. The Hall–Kier alpha value is -4.00. The van der Waals surface area contributed by atoms with Crippen LogP contribution in [-0.4, -0.2) is 64.9 Å². The number of H-pyrrole nitrogens is 1. The number of alkyl halides is 1. The third-order valence-electron chi connectivity index (χ3n) is 6.98. The highest BCUT2D eigenvalue weighted by molar-refractivity contribution is 5.80. The minimum atomic E-state index is -1.53. The van der Waals surface area contributed by atoms with E-state index in [-0.39, 0.29) is 12.1 Å². The molecule has 37 heavy (non-hydrogen) atoms. The van der Waals surface area contributed by atoms with Gasteiger partial charge < -0.3 is 20.1 Å². The van der Waals surface area contributed by atoms with E-state index in [0.29, 0.717) is 17.5 Å². The molecule has 1 saturated heterocycles. The van der Waals surface area contributed by atoms with E-state index >= 15 is 4.39 Å². The molecule has 0 bridgehead atoms. The molecule has 1 aliphatic heterocycles. The second-order valence-corrected chi connectivity index (χ2v) is 9.98. The molecule has 2 aliphatic rings. The topological polar surface area (TPSA) is 136 Å². The lowest BCUT2D eigenvalue weighted by atomic mass is 10.1. The van der Waals surface area contributed by atoms with Crippen LogP contribution in [0.3, 0.4) is 0 Å². The molecule has 0 spiro atoms. The van der Waals surface area contributed by atoms with E-state index in [1.54, 1.807) is 18.5 Å². The van der Waals surface area contributed by atoms with Gasteiger partial charge in [-0.25, -0.2) is 19.2 Å². The average molecular weight is 510 g/mol. The number of ether oxygens (including phenoxy) is 2. The van der Waals surface area contributed by atoms with Gasteiger partial charge in [0.25, 0.3) is 0 Å². The lowest BCUT2D eigenvalue weighted by Gasteiger charge is -2.17. The fourth-order valence-corrected chi connectivity index (χ4v) is 4.69. The normalized spacial score (nSPS) is 22.4. The number of aromatic amines is 1. The highest BCUT2D eigenvalue weighted by Gasteiger charge is 2.44. The first kappa shape index (κ1) is 23.4. The number of hydrogen-bond acceptors (Lipinski definition) is 8. The Balaban J connectivity index is 1.20. The molecule has 1 aliphatic carbocycles. The highest BCUT2D eigenvalue weighted by atomic mass is 19.1. The quantitative estimate of drug-likeness (QED) is 0.360. The van der Waals surface area contributed by atoms with Crippen LogP contribution in [0.4, 0.5) is 21.0 Å². The van der Waals surface area contributed by atoms with Crippen molar-refractivity contribution in [2.75, 3.05) is 11.9 Å². The largest absolute Gasteiger partial charge is 0.441 e. The van der Waals surface area contributed by atoms with E-state index in [9.17, 15) is 4.79 Å². The van der Waals surface area contributed by atoms with Crippen molar-refractivity contribution < 1.29 is 18.7 Å². The van der Waals surface area contributed by atoms with Gasteiger partial charge in [-0.2, -0.15) is 10.2 Å². The first-order valence-corrected chi connectivity index (χ1v) is 12.1. The first-order chi connectivity index (χ1) is 17.7. The van der Waals surface area contributed by atoms with E-state index < -0.39 is 24.5 Å². The zero-order valence-corrected chi connectivity index (χ0v) is 20.9.